The molecule has 5 nitrogen and oxygen atoms in total. The zero-order valence-corrected chi connectivity index (χ0v) is 14.0. The molecule has 1 atom stereocenters. The SMILES string of the molecule is O=C(Nc1ccccc1)O[C@H](CCCO)c1cc(Br)ccc1O. The highest BCUT2D eigenvalue weighted by atomic mass is 79.9. The zero-order chi connectivity index (χ0) is 16.7. The summed E-state index contributed by atoms with van der Waals surface area (Å²) < 4.78 is 6.21. The number of benzene rings is 2. The van der Waals surface area contributed by atoms with Gasteiger partial charge in [0.1, 0.15) is 11.9 Å². The van der Waals surface area contributed by atoms with Crippen LogP contribution in [0, 0.1) is 0 Å². The number of aliphatic hydroxyl groups is 1. The fourth-order valence-electron chi connectivity index (χ4n) is 2.14. The monoisotopic (exact) mass is 379 g/mol. The average Bonchev–Trinajstić information content (AvgIpc) is 2.54. The molecule has 23 heavy (non-hydrogen) atoms. The second kappa shape index (κ2) is 8.55. The molecule has 2 rings (SSSR count). The molecule has 2 aromatic carbocycles. The maximum atomic E-state index is 12.1. The van der Waals surface area contributed by atoms with E-state index in [2.05, 4.69) is 21.2 Å². The highest BCUT2D eigenvalue weighted by molar-refractivity contribution is 9.10. The number of hydrogen-bond acceptors (Lipinski definition) is 4. The van der Waals surface area contributed by atoms with Gasteiger partial charge in [0.25, 0.3) is 0 Å². The molecule has 0 spiro atoms. The number of amides is 1. The third kappa shape index (κ3) is 5.26. The number of para-hydroxylation sites is 1. The lowest BCUT2D eigenvalue weighted by Gasteiger charge is -2.19. The minimum Gasteiger partial charge on any atom is -0.508 e. The van der Waals surface area contributed by atoms with Crippen molar-refractivity contribution in [3.8, 4) is 5.75 Å². The number of phenolic OH excluding ortho intramolecular Hbond substituents is 1. The molecule has 0 unspecified atom stereocenters. The highest BCUT2D eigenvalue weighted by Crippen LogP contribution is 2.32. The quantitative estimate of drug-likeness (QED) is 0.701. The molecule has 0 aromatic heterocycles. The third-order valence-corrected chi connectivity index (χ3v) is 3.72. The molecule has 122 valence electrons. The highest BCUT2D eigenvalue weighted by Gasteiger charge is 2.20. The smallest absolute Gasteiger partial charge is 0.412 e. The van der Waals surface area contributed by atoms with Crippen LogP contribution in [0.15, 0.2) is 53.0 Å². The Morgan fingerprint density at radius 2 is 1.96 bits per heavy atom. The number of carbonyl (C=O) groups excluding carboxylic acids is 1. The van der Waals surface area contributed by atoms with Crippen molar-refractivity contribution < 1.29 is 19.7 Å². The Kier molecular flexibility index (Phi) is 6.43. The number of halogens is 1. The number of aliphatic hydroxyl groups excluding tert-OH is 1. The van der Waals surface area contributed by atoms with Crippen LogP contribution in [0.1, 0.15) is 24.5 Å². The molecule has 0 fully saturated rings. The molecular weight excluding hydrogens is 362 g/mol. The summed E-state index contributed by atoms with van der Waals surface area (Å²) in [5.41, 5.74) is 1.12. The fourth-order valence-corrected chi connectivity index (χ4v) is 2.51. The fraction of sp³-hybridized carbons (Fsp3) is 0.235. The summed E-state index contributed by atoms with van der Waals surface area (Å²) in [4.78, 5) is 12.1. The van der Waals surface area contributed by atoms with Gasteiger partial charge in [0.05, 0.1) is 0 Å². The Bertz CT molecular complexity index is 648. The van der Waals surface area contributed by atoms with Gasteiger partial charge in [-0.2, -0.15) is 0 Å². The second-order valence-corrected chi connectivity index (χ2v) is 5.87. The van der Waals surface area contributed by atoms with Gasteiger partial charge in [-0.3, -0.25) is 5.32 Å². The van der Waals surface area contributed by atoms with Crippen LogP contribution >= 0.6 is 15.9 Å². The van der Waals surface area contributed by atoms with Crippen molar-refractivity contribution in [2.45, 2.75) is 18.9 Å². The van der Waals surface area contributed by atoms with E-state index in [1.54, 1.807) is 36.4 Å². The van der Waals surface area contributed by atoms with Gasteiger partial charge in [0.15, 0.2) is 0 Å². The number of carbonyl (C=O) groups is 1. The van der Waals surface area contributed by atoms with Gasteiger partial charge in [0, 0.05) is 22.3 Å². The Labute approximate surface area is 143 Å². The van der Waals surface area contributed by atoms with Gasteiger partial charge in [0.2, 0.25) is 0 Å². The summed E-state index contributed by atoms with van der Waals surface area (Å²) in [6.07, 6.45) is -0.403. The van der Waals surface area contributed by atoms with Crippen molar-refractivity contribution in [3.05, 3.63) is 58.6 Å². The summed E-state index contributed by atoms with van der Waals surface area (Å²) >= 11 is 3.34. The van der Waals surface area contributed by atoms with Gasteiger partial charge in [-0.15, -0.1) is 0 Å². The Balaban J connectivity index is 2.12. The first-order valence-corrected chi connectivity index (χ1v) is 8.01. The lowest BCUT2D eigenvalue weighted by molar-refractivity contribution is 0.0979. The van der Waals surface area contributed by atoms with E-state index < -0.39 is 12.2 Å². The van der Waals surface area contributed by atoms with E-state index in [-0.39, 0.29) is 12.4 Å². The van der Waals surface area contributed by atoms with Gasteiger partial charge in [-0.25, -0.2) is 4.79 Å². The van der Waals surface area contributed by atoms with Crippen LogP contribution < -0.4 is 5.32 Å². The van der Waals surface area contributed by atoms with E-state index >= 15 is 0 Å². The molecule has 0 aliphatic heterocycles. The summed E-state index contributed by atoms with van der Waals surface area (Å²) in [7, 11) is 0. The zero-order valence-electron chi connectivity index (χ0n) is 12.4. The molecule has 6 heteroatoms. The van der Waals surface area contributed by atoms with Crippen molar-refractivity contribution in [2.24, 2.45) is 0 Å². The topological polar surface area (TPSA) is 78.8 Å². The maximum Gasteiger partial charge on any atom is 0.412 e. The number of phenols is 1. The van der Waals surface area contributed by atoms with E-state index in [4.69, 9.17) is 9.84 Å². The third-order valence-electron chi connectivity index (χ3n) is 3.23. The van der Waals surface area contributed by atoms with E-state index in [0.29, 0.717) is 24.1 Å². The standard InChI is InChI=1S/C17H18BrNO4/c18-12-8-9-15(21)14(11-12)16(7-4-10-20)23-17(22)19-13-5-2-1-3-6-13/h1-3,5-6,8-9,11,16,20-21H,4,7,10H2,(H,19,22)/t16-/m1/s1. The van der Waals surface area contributed by atoms with E-state index in [9.17, 15) is 9.90 Å². The van der Waals surface area contributed by atoms with Gasteiger partial charge in [-0.05, 0) is 43.2 Å². The minimum atomic E-state index is -0.650. The number of hydrogen-bond donors (Lipinski definition) is 3. The Morgan fingerprint density at radius 1 is 1.22 bits per heavy atom. The van der Waals surface area contributed by atoms with Crippen LogP contribution in [-0.2, 0) is 4.74 Å². The molecule has 0 aliphatic carbocycles. The van der Waals surface area contributed by atoms with E-state index in [0.717, 1.165) is 4.47 Å². The first-order chi connectivity index (χ1) is 11.1. The summed E-state index contributed by atoms with van der Waals surface area (Å²) in [6, 6.07) is 13.9. The predicted octanol–water partition coefficient (Wildman–Crippen LogP) is 4.22. The molecule has 0 aliphatic rings. The molecule has 3 N–H and O–H groups in total. The van der Waals surface area contributed by atoms with E-state index in [1.165, 1.54) is 6.07 Å². The van der Waals surface area contributed by atoms with Gasteiger partial charge in [-0.1, -0.05) is 34.1 Å². The Hall–Kier alpha value is -2.05. The number of aromatic hydroxyl groups is 1. The normalized spacial score (nSPS) is 11.7. The number of rotatable bonds is 6. The summed E-state index contributed by atoms with van der Waals surface area (Å²) in [5, 5.41) is 21.7. The van der Waals surface area contributed by atoms with Crippen LogP contribution in [0.3, 0.4) is 0 Å². The average molecular weight is 380 g/mol. The van der Waals surface area contributed by atoms with Crippen molar-refractivity contribution in [2.75, 3.05) is 11.9 Å². The summed E-state index contributed by atoms with van der Waals surface area (Å²) in [5.74, 6) is 0.0450. The minimum absolute atomic E-state index is 0.0189. The van der Waals surface area contributed by atoms with Crippen molar-refractivity contribution >= 4 is 27.7 Å². The first kappa shape index (κ1) is 17.3. The van der Waals surface area contributed by atoms with Crippen LogP contribution in [-0.4, -0.2) is 22.9 Å². The van der Waals surface area contributed by atoms with Crippen molar-refractivity contribution in [3.63, 3.8) is 0 Å². The van der Waals surface area contributed by atoms with Gasteiger partial charge < -0.3 is 14.9 Å². The Morgan fingerprint density at radius 3 is 2.65 bits per heavy atom. The number of ether oxygens (including phenoxy) is 1. The summed E-state index contributed by atoms with van der Waals surface area (Å²) in [6.45, 7) is -0.0189. The van der Waals surface area contributed by atoms with Crippen LogP contribution in [0.4, 0.5) is 10.5 Å². The number of anilines is 1. The molecule has 0 saturated heterocycles. The maximum absolute atomic E-state index is 12.1. The van der Waals surface area contributed by atoms with Crippen LogP contribution in [0.5, 0.6) is 5.75 Å². The van der Waals surface area contributed by atoms with Crippen LogP contribution in [0.25, 0.3) is 0 Å². The number of nitrogens with one attached hydrogen (secondary N) is 1. The predicted molar refractivity (Wildman–Crippen MR) is 91.4 cm³/mol. The van der Waals surface area contributed by atoms with Crippen molar-refractivity contribution in [1.82, 2.24) is 0 Å². The lowest BCUT2D eigenvalue weighted by atomic mass is 10.0. The molecule has 0 heterocycles. The largest absolute Gasteiger partial charge is 0.508 e. The molecule has 1 amide bonds. The molecule has 2 aromatic rings. The molecule has 0 radical (unpaired) electrons. The lowest BCUT2D eigenvalue weighted by Crippen LogP contribution is -2.18. The van der Waals surface area contributed by atoms with Crippen molar-refractivity contribution in [1.29, 1.82) is 0 Å². The first-order valence-electron chi connectivity index (χ1n) is 7.22. The second-order valence-electron chi connectivity index (χ2n) is 4.95. The molecule has 0 bridgehead atoms. The van der Waals surface area contributed by atoms with E-state index in [1.807, 2.05) is 6.07 Å². The molecule has 0 saturated carbocycles. The molecular formula is C17H18BrNO4. The van der Waals surface area contributed by atoms with Crippen LogP contribution in [0.2, 0.25) is 0 Å². The van der Waals surface area contributed by atoms with Gasteiger partial charge >= 0.3 is 6.09 Å².